The summed E-state index contributed by atoms with van der Waals surface area (Å²) in [5, 5.41) is 14.1. The van der Waals surface area contributed by atoms with Crippen LogP contribution in [0.15, 0.2) is 35.5 Å². The highest BCUT2D eigenvalue weighted by molar-refractivity contribution is 5.94. The lowest BCUT2D eigenvalue weighted by Gasteiger charge is -2.28. The quantitative estimate of drug-likeness (QED) is 0.645. The molecule has 1 aliphatic rings. The van der Waals surface area contributed by atoms with Gasteiger partial charge < -0.3 is 24.8 Å². The van der Waals surface area contributed by atoms with E-state index >= 15 is 0 Å². The summed E-state index contributed by atoms with van der Waals surface area (Å²) in [5.74, 6) is -1.05. The number of hydrogen-bond acceptors (Lipinski definition) is 7. The molecule has 0 bridgehead atoms. The summed E-state index contributed by atoms with van der Waals surface area (Å²) in [7, 11) is 0. The Labute approximate surface area is 162 Å². The van der Waals surface area contributed by atoms with Crippen LogP contribution >= 0.6 is 0 Å². The van der Waals surface area contributed by atoms with E-state index in [0.29, 0.717) is 12.0 Å². The van der Waals surface area contributed by atoms with Gasteiger partial charge >= 0.3 is 18.0 Å². The highest BCUT2D eigenvalue weighted by Crippen LogP contribution is 2.18. The topological polar surface area (TPSA) is 127 Å². The monoisotopic (exact) mass is 387 g/mol. The number of benzene rings is 1. The predicted molar refractivity (Wildman–Crippen MR) is 97.0 cm³/mol. The molecule has 0 spiro atoms. The van der Waals surface area contributed by atoms with Crippen molar-refractivity contribution in [1.29, 1.82) is 5.26 Å². The van der Waals surface area contributed by atoms with E-state index in [9.17, 15) is 14.4 Å². The van der Waals surface area contributed by atoms with Crippen LogP contribution in [0.5, 0.6) is 5.75 Å². The minimum Gasteiger partial charge on any atom is -0.481 e. The Morgan fingerprint density at radius 3 is 2.64 bits per heavy atom. The van der Waals surface area contributed by atoms with E-state index in [1.807, 2.05) is 6.07 Å². The minimum absolute atomic E-state index is 0.167. The number of carbonyl (C=O) groups is 3. The second-order valence-corrected chi connectivity index (χ2v) is 5.73. The first kappa shape index (κ1) is 20.8. The van der Waals surface area contributed by atoms with Gasteiger partial charge in [-0.1, -0.05) is 19.1 Å². The largest absolute Gasteiger partial charge is 0.481 e. The summed E-state index contributed by atoms with van der Waals surface area (Å²) >= 11 is 0. The highest BCUT2D eigenvalue weighted by Gasteiger charge is 2.32. The molecule has 0 radical (unpaired) electrons. The van der Waals surface area contributed by atoms with Crippen LogP contribution in [0.2, 0.25) is 0 Å². The molecule has 1 aromatic carbocycles. The van der Waals surface area contributed by atoms with Crippen molar-refractivity contribution in [2.45, 2.75) is 26.3 Å². The van der Waals surface area contributed by atoms with E-state index in [4.69, 9.17) is 19.5 Å². The van der Waals surface area contributed by atoms with Crippen LogP contribution in [-0.2, 0) is 19.1 Å². The first-order chi connectivity index (χ1) is 13.5. The molecule has 1 heterocycles. The predicted octanol–water partition coefficient (Wildman–Crippen LogP) is 1.39. The fourth-order valence-corrected chi connectivity index (χ4v) is 2.59. The SMILES string of the molecule is CCOC(=O)C1=C(COC(=O)COc2ccccc2C#N)NC(=O)N[C@@H]1CC. The number of ether oxygens (including phenoxy) is 3. The summed E-state index contributed by atoms with van der Waals surface area (Å²) in [6.45, 7) is 2.90. The Morgan fingerprint density at radius 2 is 1.96 bits per heavy atom. The molecule has 0 saturated heterocycles. The van der Waals surface area contributed by atoms with Crippen LogP contribution in [-0.4, -0.2) is 43.8 Å². The van der Waals surface area contributed by atoms with E-state index < -0.39 is 30.6 Å². The molecular formula is C19H21N3O6. The standard InChI is InChI=1S/C19H21N3O6/c1-3-13-17(18(24)26-4-2)14(22-19(25)21-13)10-28-16(23)11-27-15-8-6-5-7-12(15)9-20/h5-8,13H,3-4,10-11H2,1-2H3,(H2,21,22,25)/t13-/m1/s1. The third-order valence-electron chi connectivity index (χ3n) is 3.88. The Balaban J connectivity index is 2.04. The Morgan fingerprint density at radius 1 is 1.21 bits per heavy atom. The number of esters is 2. The molecule has 28 heavy (non-hydrogen) atoms. The van der Waals surface area contributed by atoms with E-state index in [1.54, 1.807) is 38.1 Å². The molecule has 1 atom stereocenters. The second kappa shape index (κ2) is 9.97. The van der Waals surface area contributed by atoms with E-state index in [0.717, 1.165) is 0 Å². The number of carbonyl (C=O) groups excluding carboxylic acids is 3. The summed E-state index contributed by atoms with van der Waals surface area (Å²) in [4.78, 5) is 36.0. The molecule has 1 aromatic rings. The molecule has 0 aromatic heterocycles. The van der Waals surface area contributed by atoms with Gasteiger partial charge in [0.25, 0.3) is 0 Å². The molecule has 0 saturated carbocycles. The highest BCUT2D eigenvalue weighted by atomic mass is 16.6. The number of nitriles is 1. The molecule has 2 amide bonds. The molecule has 2 rings (SSSR count). The number of urea groups is 1. The zero-order valence-electron chi connectivity index (χ0n) is 15.6. The Hall–Kier alpha value is -3.54. The maximum absolute atomic E-state index is 12.2. The Bertz CT molecular complexity index is 827. The average Bonchev–Trinajstić information content (AvgIpc) is 2.70. The van der Waals surface area contributed by atoms with Crippen molar-refractivity contribution in [3.63, 3.8) is 0 Å². The third kappa shape index (κ3) is 5.23. The van der Waals surface area contributed by atoms with Gasteiger partial charge in [0.05, 0.1) is 29.5 Å². The molecule has 148 valence electrons. The van der Waals surface area contributed by atoms with Gasteiger partial charge in [-0.2, -0.15) is 5.26 Å². The first-order valence-corrected chi connectivity index (χ1v) is 8.75. The minimum atomic E-state index is -0.718. The van der Waals surface area contributed by atoms with Crippen molar-refractivity contribution in [3.05, 3.63) is 41.1 Å². The van der Waals surface area contributed by atoms with Crippen LogP contribution in [0.3, 0.4) is 0 Å². The molecule has 0 unspecified atom stereocenters. The van der Waals surface area contributed by atoms with Gasteiger partial charge in [-0.15, -0.1) is 0 Å². The van der Waals surface area contributed by atoms with Gasteiger partial charge in [-0.05, 0) is 25.5 Å². The van der Waals surface area contributed by atoms with Crippen LogP contribution < -0.4 is 15.4 Å². The number of amides is 2. The fraction of sp³-hybridized carbons (Fsp3) is 0.368. The fourth-order valence-electron chi connectivity index (χ4n) is 2.59. The van der Waals surface area contributed by atoms with Crippen LogP contribution in [0.1, 0.15) is 25.8 Å². The molecule has 1 aliphatic heterocycles. The molecule has 0 aliphatic carbocycles. The maximum Gasteiger partial charge on any atom is 0.344 e. The molecule has 0 fully saturated rings. The van der Waals surface area contributed by atoms with Gasteiger partial charge in [0.2, 0.25) is 0 Å². The number of rotatable bonds is 8. The maximum atomic E-state index is 12.2. The number of nitrogens with one attached hydrogen (secondary N) is 2. The zero-order chi connectivity index (χ0) is 20.5. The number of nitrogens with zero attached hydrogens (tertiary/aromatic N) is 1. The first-order valence-electron chi connectivity index (χ1n) is 8.75. The van der Waals surface area contributed by atoms with Crippen molar-refractivity contribution in [2.24, 2.45) is 0 Å². The third-order valence-corrected chi connectivity index (χ3v) is 3.88. The van der Waals surface area contributed by atoms with Crippen molar-refractivity contribution in [1.82, 2.24) is 10.6 Å². The van der Waals surface area contributed by atoms with Gasteiger partial charge in [0.1, 0.15) is 18.4 Å². The molecule has 2 N–H and O–H groups in total. The van der Waals surface area contributed by atoms with Gasteiger partial charge in [-0.3, -0.25) is 0 Å². The molecule has 9 heteroatoms. The van der Waals surface area contributed by atoms with Crippen LogP contribution in [0.4, 0.5) is 4.79 Å². The summed E-state index contributed by atoms with van der Waals surface area (Å²) in [6.07, 6.45) is 0.465. The number of hydrogen-bond donors (Lipinski definition) is 2. The van der Waals surface area contributed by atoms with Crippen LogP contribution in [0.25, 0.3) is 0 Å². The van der Waals surface area contributed by atoms with E-state index in [-0.39, 0.29) is 30.2 Å². The van der Waals surface area contributed by atoms with Crippen molar-refractivity contribution in [2.75, 3.05) is 19.8 Å². The lowest BCUT2D eigenvalue weighted by molar-refractivity contribution is -0.145. The van der Waals surface area contributed by atoms with Gasteiger partial charge in [0, 0.05) is 0 Å². The molecule has 9 nitrogen and oxygen atoms in total. The lowest BCUT2D eigenvalue weighted by atomic mass is 10.0. The van der Waals surface area contributed by atoms with Gasteiger partial charge in [-0.25, -0.2) is 14.4 Å². The lowest BCUT2D eigenvalue weighted by Crippen LogP contribution is -2.51. The smallest absolute Gasteiger partial charge is 0.344 e. The zero-order valence-corrected chi connectivity index (χ0v) is 15.6. The second-order valence-electron chi connectivity index (χ2n) is 5.73. The van der Waals surface area contributed by atoms with Crippen molar-refractivity contribution in [3.8, 4) is 11.8 Å². The Kier molecular flexibility index (Phi) is 7.39. The van der Waals surface area contributed by atoms with Crippen LogP contribution in [0, 0.1) is 11.3 Å². The van der Waals surface area contributed by atoms with Crippen molar-refractivity contribution >= 4 is 18.0 Å². The summed E-state index contributed by atoms with van der Waals surface area (Å²) in [6, 6.07) is 7.40. The summed E-state index contributed by atoms with van der Waals surface area (Å²) in [5.41, 5.74) is 0.673. The van der Waals surface area contributed by atoms with Crippen molar-refractivity contribution < 1.29 is 28.6 Å². The average molecular weight is 387 g/mol. The normalized spacial score (nSPS) is 15.8. The summed E-state index contributed by atoms with van der Waals surface area (Å²) < 4.78 is 15.5. The van der Waals surface area contributed by atoms with E-state index in [1.165, 1.54) is 0 Å². The number of para-hydroxylation sites is 1. The van der Waals surface area contributed by atoms with E-state index in [2.05, 4.69) is 10.6 Å². The molecular weight excluding hydrogens is 366 g/mol. The van der Waals surface area contributed by atoms with Gasteiger partial charge in [0.15, 0.2) is 6.61 Å².